The average molecular weight is 457 g/mol. The number of nitrogens with one attached hydrogen (secondary N) is 2. The van der Waals surface area contributed by atoms with Gasteiger partial charge in [-0.15, -0.1) is 0 Å². The van der Waals surface area contributed by atoms with Crippen LogP contribution in [0.3, 0.4) is 0 Å². The van der Waals surface area contributed by atoms with Gasteiger partial charge in [-0.1, -0.05) is 42.5 Å². The molecule has 2 N–H and O–H groups in total. The fraction of sp³-hybridized carbons (Fsp3) is 0.208. The first-order valence-corrected chi connectivity index (χ1v) is 11.6. The van der Waals surface area contributed by atoms with Crippen LogP contribution in [0, 0.1) is 5.82 Å². The van der Waals surface area contributed by atoms with Gasteiger partial charge < -0.3 is 10.1 Å². The zero-order chi connectivity index (χ0) is 23.1. The van der Waals surface area contributed by atoms with E-state index in [0.717, 1.165) is 11.1 Å². The van der Waals surface area contributed by atoms with Crippen molar-refractivity contribution in [3.8, 4) is 5.75 Å². The lowest BCUT2D eigenvalue weighted by molar-refractivity contribution is -0.123. The van der Waals surface area contributed by atoms with Crippen LogP contribution in [0.25, 0.3) is 0 Å². The van der Waals surface area contributed by atoms with Gasteiger partial charge in [0, 0.05) is 6.04 Å². The zero-order valence-electron chi connectivity index (χ0n) is 17.8. The van der Waals surface area contributed by atoms with Crippen molar-refractivity contribution in [2.45, 2.75) is 30.8 Å². The van der Waals surface area contributed by atoms with Crippen molar-refractivity contribution in [1.29, 1.82) is 0 Å². The van der Waals surface area contributed by atoms with Gasteiger partial charge in [-0.2, -0.15) is 0 Å². The lowest BCUT2D eigenvalue weighted by Crippen LogP contribution is -2.31. The summed E-state index contributed by atoms with van der Waals surface area (Å²) in [6, 6.07) is 20.3. The summed E-state index contributed by atoms with van der Waals surface area (Å²) in [5.74, 6) is -0.327. The summed E-state index contributed by atoms with van der Waals surface area (Å²) in [6.45, 7) is 3.32. The topological polar surface area (TPSA) is 84.5 Å². The van der Waals surface area contributed by atoms with Crippen LogP contribution in [0.4, 0.5) is 4.39 Å². The summed E-state index contributed by atoms with van der Waals surface area (Å²) < 4.78 is 46.4. The minimum Gasteiger partial charge on any atom is -0.484 e. The predicted octanol–water partition coefficient (Wildman–Crippen LogP) is 4.12. The molecule has 1 amide bonds. The lowest BCUT2D eigenvalue weighted by atomic mass is 10.1. The third-order valence-electron chi connectivity index (χ3n) is 4.88. The molecule has 0 saturated heterocycles. The van der Waals surface area contributed by atoms with E-state index in [9.17, 15) is 17.6 Å². The Labute approximate surface area is 187 Å². The van der Waals surface area contributed by atoms with Gasteiger partial charge in [-0.05, 0) is 61.4 Å². The molecule has 3 aromatic carbocycles. The highest BCUT2D eigenvalue weighted by atomic mass is 32.2. The van der Waals surface area contributed by atoms with Crippen molar-refractivity contribution in [2.24, 2.45) is 0 Å². The number of rotatable bonds is 9. The third kappa shape index (κ3) is 6.38. The van der Waals surface area contributed by atoms with Gasteiger partial charge in [0.05, 0.1) is 10.9 Å². The monoisotopic (exact) mass is 456 g/mol. The Hall–Kier alpha value is -3.23. The van der Waals surface area contributed by atoms with E-state index in [1.165, 1.54) is 36.4 Å². The summed E-state index contributed by atoms with van der Waals surface area (Å²) in [5, 5.41) is 2.77. The molecule has 0 aliphatic rings. The lowest BCUT2D eigenvalue weighted by Gasteiger charge is -2.16. The minimum atomic E-state index is -3.72. The molecule has 32 heavy (non-hydrogen) atoms. The summed E-state index contributed by atoms with van der Waals surface area (Å²) in [4.78, 5) is 12.2. The van der Waals surface area contributed by atoms with Gasteiger partial charge in [-0.3, -0.25) is 4.79 Å². The molecule has 3 rings (SSSR count). The van der Waals surface area contributed by atoms with Crippen molar-refractivity contribution in [3.05, 3.63) is 95.8 Å². The SMILES string of the molecule is C[C@H](NS(=O)(=O)c1ccc(OCC(=O)N[C@H](C)c2ccc(F)cc2)cc1)c1ccccc1. The van der Waals surface area contributed by atoms with Gasteiger partial charge in [0.2, 0.25) is 10.0 Å². The second kappa shape index (κ2) is 10.4. The number of carbonyl (C=O) groups excluding carboxylic acids is 1. The molecule has 0 radical (unpaired) electrons. The Balaban J connectivity index is 1.53. The van der Waals surface area contributed by atoms with Crippen LogP contribution in [-0.4, -0.2) is 20.9 Å². The molecular weight excluding hydrogens is 431 g/mol. The van der Waals surface area contributed by atoms with Gasteiger partial charge >= 0.3 is 0 Å². The number of hydrogen-bond acceptors (Lipinski definition) is 4. The molecule has 0 aliphatic carbocycles. The number of ether oxygens (including phenoxy) is 1. The van der Waals surface area contributed by atoms with E-state index in [0.29, 0.717) is 5.75 Å². The first-order valence-electron chi connectivity index (χ1n) is 10.1. The summed E-state index contributed by atoms with van der Waals surface area (Å²) in [5.41, 5.74) is 1.63. The Kier molecular flexibility index (Phi) is 7.61. The summed E-state index contributed by atoms with van der Waals surface area (Å²) >= 11 is 0. The molecule has 0 aliphatic heterocycles. The molecule has 0 bridgehead atoms. The minimum absolute atomic E-state index is 0.0991. The summed E-state index contributed by atoms with van der Waals surface area (Å²) in [7, 11) is -3.72. The van der Waals surface area contributed by atoms with E-state index in [-0.39, 0.29) is 35.3 Å². The highest BCUT2D eigenvalue weighted by Crippen LogP contribution is 2.20. The molecule has 0 unspecified atom stereocenters. The smallest absolute Gasteiger partial charge is 0.258 e. The van der Waals surface area contributed by atoms with E-state index in [1.54, 1.807) is 26.0 Å². The fourth-order valence-electron chi connectivity index (χ4n) is 3.09. The number of halogens is 1. The number of hydrogen-bond donors (Lipinski definition) is 2. The molecule has 2 atom stereocenters. The van der Waals surface area contributed by atoms with Crippen LogP contribution in [0.15, 0.2) is 83.8 Å². The summed E-state index contributed by atoms with van der Waals surface area (Å²) in [6.07, 6.45) is 0. The predicted molar refractivity (Wildman–Crippen MR) is 120 cm³/mol. The maximum Gasteiger partial charge on any atom is 0.258 e. The largest absolute Gasteiger partial charge is 0.484 e. The Morgan fingerprint density at radius 1 is 0.875 bits per heavy atom. The van der Waals surface area contributed by atoms with E-state index in [1.807, 2.05) is 30.3 Å². The quantitative estimate of drug-likeness (QED) is 0.507. The number of amides is 1. The molecule has 8 heteroatoms. The van der Waals surface area contributed by atoms with Crippen molar-refractivity contribution in [2.75, 3.05) is 6.61 Å². The van der Waals surface area contributed by atoms with Crippen LogP contribution >= 0.6 is 0 Å². The Morgan fingerprint density at radius 2 is 1.47 bits per heavy atom. The fourth-order valence-corrected chi connectivity index (χ4v) is 4.32. The third-order valence-corrected chi connectivity index (χ3v) is 6.44. The van der Waals surface area contributed by atoms with Crippen LogP contribution in [0.1, 0.15) is 37.1 Å². The van der Waals surface area contributed by atoms with Gasteiger partial charge in [0.15, 0.2) is 6.61 Å². The van der Waals surface area contributed by atoms with Crippen molar-refractivity contribution < 1.29 is 22.3 Å². The molecule has 0 saturated carbocycles. The first-order chi connectivity index (χ1) is 15.2. The van der Waals surface area contributed by atoms with Crippen LogP contribution in [0.2, 0.25) is 0 Å². The van der Waals surface area contributed by atoms with Crippen molar-refractivity contribution >= 4 is 15.9 Å². The molecule has 6 nitrogen and oxygen atoms in total. The van der Waals surface area contributed by atoms with E-state index >= 15 is 0 Å². The molecule has 0 heterocycles. The van der Waals surface area contributed by atoms with E-state index in [2.05, 4.69) is 10.0 Å². The van der Waals surface area contributed by atoms with Crippen molar-refractivity contribution in [1.82, 2.24) is 10.0 Å². The van der Waals surface area contributed by atoms with Crippen LogP contribution in [0.5, 0.6) is 5.75 Å². The Bertz CT molecular complexity index is 1130. The first kappa shape index (κ1) is 23.4. The highest BCUT2D eigenvalue weighted by Gasteiger charge is 2.18. The maximum atomic E-state index is 13.0. The van der Waals surface area contributed by atoms with Gasteiger partial charge in [-0.25, -0.2) is 17.5 Å². The molecule has 168 valence electrons. The van der Waals surface area contributed by atoms with Crippen LogP contribution < -0.4 is 14.8 Å². The average Bonchev–Trinajstić information content (AvgIpc) is 2.78. The second-order valence-electron chi connectivity index (χ2n) is 7.35. The molecular formula is C24H25FN2O4S. The van der Waals surface area contributed by atoms with Crippen LogP contribution in [-0.2, 0) is 14.8 Å². The van der Waals surface area contributed by atoms with Gasteiger partial charge in [0.1, 0.15) is 11.6 Å². The standard InChI is InChI=1S/C24H25FN2O4S/c1-17(20-8-10-21(25)11-9-20)26-24(28)16-31-22-12-14-23(15-13-22)32(29,30)27-18(2)19-6-4-3-5-7-19/h3-15,17-18,27H,16H2,1-2H3,(H,26,28)/t17-,18+/m1/s1. The number of carbonyl (C=O) groups is 1. The zero-order valence-corrected chi connectivity index (χ0v) is 18.6. The molecule has 3 aromatic rings. The highest BCUT2D eigenvalue weighted by molar-refractivity contribution is 7.89. The van der Waals surface area contributed by atoms with Gasteiger partial charge in [0.25, 0.3) is 5.91 Å². The Morgan fingerprint density at radius 3 is 2.09 bits per heavy atom. The molecule has 0 aromatic heterocycles. The number of benzene rings is 3. The van der Waals surface area contributed by atoms with E-state index in [4.69, 9.17) is 4.74 Å². The molecule has 0 fully saturated rings. The normalized spacial score (nSPS) is 13.2. The number of sulfonamides is 1. The second-order valence-corrected chi connectivity index (χ2v) is 9.07. The maximum absolute atomic E-state index is 13.0. The molecule has 0 spiro atoms. The van der Waals surface area contributed by atoms with E-state index < -0.39 is 10.0 Å². The van der Waals surface area contributed by atoms with Crippen molar-refractivity contribution in [3.63, 3.8) is 0 Å².